The van der Waals surface area contributed by atoms with Gasteiger partial charge in [0.25, 0.3) is 10.0 Å². The number of hydrogen-bond donors (Lipinski definition) is 1. The van der Waals surface area contributed by atoms with Gasteiger partial charge < -0.3 is 4.57 Å². The van der Waals surface area contributed by atoms with Crippen LogP contribution in [0.2, 0.25) is 10.0 Å². The summed E-state index contributed by atoms with van der Waals surface area (Å²) in [6.45, 7) is 4.30. The van der Waals surface area contributed by atoms with Crippen LogP contribution in [0.25, 0.3) is 0 Å². The predicted octanol–water partition coefficient (Wildman–Crippen LogP) is 3.01. The summed E-state index contributed by atoms with van der Waals surface area (Å²) >= 11 is 11.9. The topological polar surface area (TPSA) is 78.0 Å². The molecule has 0 fully saturated rings. The fourth-order valence-electron chi connectivity index (χ4n) is 1.96. The highest BCUT2D eigenvalue weighted by molar-refractivity contribution is 7.89. The molecule has 0 spiro atoms. The molecule has 1 aromatic heterocycles. The summed E-state index contributed by atoms with van der Waals surface area (Å²) in [4.78, 5) is 4.11. The highest BCUT2D eigenvalue weighted by Gasteiger charge is 2.18. The van der Waals surface area contributed by atoms with E-state index in [0.717, 1.165) is 5.56 Å². The van der Waals surface area contributed by atoms with Crippen molar-refractivity contribution in [2.45, 2.75) is 31.3 Å². The zero-order chi connectivity index (χ0) is 15.8. The van der Waals surface area contributed by atoms with E-state index in [9.17, 15) is 8.42 Å². The number of imidazole rings is 1. The molecule has 1 heterocycles. The van der Waals surface area contributed by atoms with E-state index in [4.69, 9.17) is 28.3 Å². The van der Waals surface area contributed by atoms with Crippen LogP contribution >= 0.6 is 23.2 Å². The molecule has 1 aromatic carbocycles. The average molecular weight is 348 g/mol. The maximum atomic E-state index is 11.4. The van der Waals surface area contributed by atoms with E-state index < -0.39 is 10.0 Å². The summed E-state index contributed by atoms with van der Waals surface area (Å²) in [6, 6.07) is 5.27. The molecule has 0 bridgehead atoms. The van der Waals surface area contributed by atoms with Crippen LogP contribution in [0.1, 0.15) is 31.2 Å². The highest BCUT2D eigenvalue weighted by atomic mass is 35.5. The minimum atomic E-state index is -3.82. The summed E-state index contributed by atoms with van der Waals surface area (Å²) in [5, 5.41) is 5.92. The Bertz CT molecular complexity index is 770. The Morgan fingerprint density at radius 3 is 2.48 bits per heavy atom. The molecule has 0 unspecified atom stereocenters. The zero-order valence-corrected chi connectivity index (χ0v) is 13.9. The normalized spacial score (nSPS) is 12.1. The monoisotopic (exact) mass is 347 g/mol. The van der Waals surface area contributed by atoms with Crippen molar-refractivity contribution in [1.82, 2.24) is 9.55 Å². The van der Waals surface area contributed by atoms with E-state index in [0.29, 0.717) is 22.4 Å². The molecule has 0 aliphatic rings. The van der Waals surface area contributed by atoms with Gasteiger partial charge in [-0.05, 0) is 17.7 Å². The number of halogens is 2. The number of primary sulfonamides is 1. The average Bonchev–Trinajstić information content (AvgIpc) is 2.78. The second-order valence-electron chi connectivity index (χ2n) is 5.01. The molecule has 0 amide bonds. The quantitative estimate of drug-likeness (QED) is 0.923. The molecule has 0 aliphatic carbocycles. The summed E-state index contributed by atoms with van der Waals surface area (Å²) in [5.41, 5.74) is 0.893. The SMILES string of the molecule is CC(C)c1nc(S(N)(=O)=O)cn1Cc1ccc(Cl)c(Cl)c1. The molecule has 2 N–H and O–H groups in total. The molecule has 0 atom stereocenters. The molecule has 21 heavy (non-hydrogen) atoms. The summed E-state index contributed by atoms with van der Waals surface area (Å²) in [5.74, 6) is 0.702. The summed E-state index contributed by atoms with van der Waals surface area (Å²) in [7, 11) is -3.82. The minimum Gasteiger partial charge on any atom is -0.329 e. The van der Waals surface area contributed by atoms with Gasteiger partial charge in [-0.25, -0.2) is 18.5 Å². The lowest BCUT2D eigenvalue weighted by atomic mass is 10.2. The summed E-state index contributed by atoms with van der Waals surface area (Å²) < 4.78 is 24.6. The molecule has 114 valence electrons. The van der Waals surface area contributed by atoms with Crippen molar-refractivity contribution < 1.29 is 8.42 Å². The number of nitrogens with zero attached hydrogens (tertiary/aromatic N) is 2. The van der Waals surface area contributed by atoms with Gasteiger partial charge in [0.15, 0.2) is 5.03 Å². The Morgan fingerprint density at radius 2 is 1.95 bits per heavy atom. The lowest BCUT2D eigenvalue weighted by molar-refractivity contribution is 0.594. The second-order valence-corrected chi connectivity index (χ2v) is 7.34. The van der Waals surface area contributed by atoms with Crippen molar-refractivity contribution in [2.75, 3.05) is 0 Å². The molecule has 0 aliphatic heterocycles. The fourth-order valence-corrected chi connectivity index (χ4v) is 2.78. The Balaban J connectivity index is 2.43. The van der Waals surface area contributed by atoms with Gasteiger partial charge in [0.1, 0.15) is 5.82 Å². The first-order valence-electron chi connectivity index (χ1n) is 6.22. The van der Waals surface area contributed by atoms with Crippen molar-refractivity contribution in [3.8, 4) is 0 Å². The molecule has 2 aromatic rings. The van der Waals surface area contributed by atoms with Crippen LogP contribution in [0.5, 0.6) is 0 Å². The fraction of sp³-hybridized carbons (Fsp3) is 0.308. The standard InChI is InChI=1S/C13H15Cl2N3O2S/c1-8(2)13-17-12(21(16,19)20)7-18(13)6-9-3-4-10(14)11(15)5-9/h3-5,7-8H,6H2,1-2H3,(H2,16,19,20). The van der Waals surface area contributed by atoms with Crippen molar-refractivity contribution in [2.24, 2.45) is 5.14 Å². The number of hydrogen-bond acceptors (Lipinski definition) is 3. The van der Waals surface area contributed by atoms with E-state index in [1.165, 1.54) is 6.20 Å². The first kappa shape index (κ1) is 16.3. The number of rotatable bonds is 4. The van der Waals surface area contributed by atoms with E-state index in [-0.39, 0.29) is 10.9 Å². The maximum Gasteiger partial charge on any atom is 0.257 e. The molecule has 0 radical (unpaired) electrons. The molecule has 0 saturated heterocycles. The predicted molar refractivity (Wildman–Crippen MR) is 83.3 cm³/mol. The van der Waals surface area contributed by atoms with Crippen molar-refractivity contribution >= 4 is 33.2 Å². The van der Waals surface area contributed by atoms with Gasteiger partial charge >= 0.3 is 0 Å². The van der Waals surface area contributed by atoms with Crippen LogP contribution in [0.3, 0.4) is 0 Å². The maximum absolute atomic E-state index is 11.4. The Hall–Kier alpha value is -1.08. The summed E-state index contributed by atoms with van der Waals surface area (Å²) in [6.07, 6.45) is 1.44. The number of nitrogens with two attached hydrogens (primary N) is 1. The molecule has 0 saturated carbocycles. The largest absolute Gasteiger partial charge is 0.329 e. The molecule has 8 heteroatoms. The zero-order valence-electron chi connectivity index (χ0n) is 11.5. The van der Waals surface area contributed by atoms with Gasteiger partial charge in [-0.3, -0.25) is 0 Å². The van der Waals surface area contributed by atoms with Gasteiger partial charge in [-0.2, -0.15) is 0 Å². The molecular formula is C13H15Cl2N3O2S. The number of sulfonamides is 1. The third-order valence-corrected chi connectivity index (χ3v) is 4.45. The van der Waals surface area contributed by atoms with Crippen molar-refractivity contribution in [3.63, 3.8) is 0 Å². The Kier molecular flexibility index (Phi) is 4.63. The van der Waals surface area contributed by atoms with Crippen LogP contribution in [0, 0.1) is 0 Å². The third kappa shape index (κ3) is 3.77. The van der Waals surface area contributed by atoms with E-state index >= 15 is 0 Å². The van der Waals surface area contributed by atoms with Crippen LogP contribution in [-0.4, -0.2) is 18.0 Å². The van der Waals surface area contributed by atoms with Gasteiger partial charge in [0.05, 0.1) is 10.0 Å². The number of benzene rings is 1. The Labute approximate surface area is 133 Å². The molecule has 5 nitrogen and oxygen atoms in total. The van der Waals surface area contributed by atoms with Crippen LogP contribution < -0.4 is 5.14 Å². The smallest absolute Gasteiger partial charge is 0.257 e. The van der Waals surface area contributed by atoms with Crippen molar-refractivity contribution in [3.05, 3.63) is 45.8 Å². The molecular weight excluding hydrogens is 333 g/mol. The lowest BCUT2D eigenvalue weighted by Crippen LogP contribution is -2.12. The van der Waals surface area contributed by atoms with Gasteiger partial charge in [-0.1, -0.05) is 43.1 Å². The van der Waals surface area contributed by atoms with E-state index in [2.05, 4.69) is 4.98 Å². The first-order chi connectivity index (χ1) is 9.68. The van der Waals surface area contributed by atoms with Crippen molar-refractivity contribution in [1.29, 1.82) is 0 Å². The Morgan fingerprint density at radius 1 is 1.29 bits per heavy atom. The molecule has 2 rings (SSSR count). The van der Waals surface area contributed by atoms with Gasteiger partial charge in [0.2, 0.25) is 0 Å². The van der Waals surface area contributed by atoms with Gasteiger partial charge in [-0.15, -0.1) is 0 Å². The van der Waals surface area contributed by atoms with Gasteiger partial charge in [0, 0.05) is 18.7 Å². The number of aromatic nitrogens is 2. The lowest BCUT2D eigenvalue weighted by Gasteiger charge is -2.10. The third-order valence-electron chi connectivity index (χ3n) is 2.93. The minimum absolute atomic E-state index is 0.0586. The second kappa shape index (κ2) is 5.96. The van der Waals surface area contributed by atoms with Crippen LogP contribution in [-0.2, 0) is 16.6 Å². The van der Waals surface area contributed by atoms with Crippen LogP contribution in [0.4, 0.5) is 0 Å². The van der Waals surface area contributed by atoms with E-state index in [1.54, 1.807) is 16.7 Å². The highest BCUT2D eigenvalue weighted by Crippen LogP contribution is 2.24. The van der Waals surface area contributed by atoms with E-state index in [1.807, 2.05) is 19.9 Å². The first-order valence-corrected chi connectivity index (χ1v) is 8.52. The van der Waals surface area contributed by atoms with Crippen LogP contribution in [0.15, 0.2) is 29.4 Å².